The molecule has 1 saturated carbocycles. The number of carbonyl (C=O) groups is 2. The van der Waals surface area contributed by atoms with Crippen LogP contribution in [0.4, 0.5) is 0 Å². The van der Waals surface area contributed by atoms with Crippen molar-refractivity contribution in [1.82, 2.24) is 5.32 Å². The fourth-order valence-electron chi connectivity index (χ4n) is 1.75. The minimum absolute atomic E-state index is 0.228. The first kappa shape index (κ1) is 14.2. The van der Waals surface area contributed by atoms with Crippen LogP contribution in [0.1, 0.15) is 23.2 Å². The summed E-state index contributed by atoms with van der Waals surface area (Å²) in [4.78, 5) is 23.4. The van der Waals surface area contributed by atoms with Gasteiger partial charge in [-0.2, -0.15) is 0 Å². The smallest absolute Gasteiger partial charge is 0.342 e. The zero-order chi connectivity index (χ0) is 14.5. The van der Waals surface area contributed by atoms with Crippen molar-refractivity contribution in [2.24, 2.45) is 0 Å². The van der Waals surface area contributed by atoms with E-state index in [1.54, 1.807) is 18.2 Å². The molecule has 108 valence electrons. The second kappa shape index (κ2) is 6.27. The van der Waals surface area contributed by atoms with E-state index < -0.39 is 5.97 Å². The van der Waals surface area contributed by atoms with Gasteiger partial charge in [-0.3, -0.25) is 4.79 Å². The predicted molar refractivity (Wildman–Crippen MR) is 71.0 cm³/mol. The van der Waals surface area contributed by atoms with Crippen LogP contribution in [0, 0.1) is 0 Å². The largest absolute Gasteiger partial charge is 0.493 e. The highest BCUT2D eigenvalue weighted by Crippen LogP contribution is 2.31. The zero-order valence-corrected chi connectivity index (χ0v) is 11.5. The molecule has 0 bridgehead atoms. The van der Waals surface area contributed by atoms with E-state index in [0.29, 0.717) is 11.5 Å². The van der Waals surface area contributed by atoms with Gasteiger partial charge in [0, 0.05) is 6.04 Å². The Morgan fingerprint density at radius 2 is 2.00 bits per heavy atom. The number of esters is 1. The molecule has 1 amide bonds. The molecule has 0 aromatic heterocycles. The molecule has 0 aliphatic heterocycles. The zero-order valence-electron chi connectivity index (χ0n) is 11.5. The summed E-state index contributed by atoms with van der Waals surface area (Å²) in [5, 5.41) is 2.74. The van der Waals surface area contributed by atoms with E-state index in [0.717, 1.165) is 12.8 Å². The minimum atomic E-state index is -0.619. The van der Waals surface area contributed by atoms with Crippen LogP contribution in [0.25, 0.3) is 0 Å². The molecule has 0 heterocycles. The van der Waals surface area contributed by atoms with Crippen molar-refractivity contribution in [2.75, 3.05) is 20.8 Å². The molecular weight excluding hydrogens is 262 g/mol. The molecule has 0 radical (unpaired) electrons. The Morgan fingerprint density at radius 3 is 2.60 bits per heavy atom. The number of nitrogens with one attached hydrogen (secondary N) is 1. The van der Waals surface area contributed by atoms with E-state index in [1.165, 1.54) is 14.2 Å². The number of para-hydroxylation sites is 1. The lowest BCUT2D eigenvalue weighted by Gasteiger charge is -2.12. The summed E-state index contributed by atoms with van der Waals surface area (Å²) in [6.45, 7) is -0.296. The van der Waals surface area contributed by atoms with E-state index in [2.05, 4.69) is 5.32 Å². The molecule has 1 aliphatic carbocycles. The molecule has 0 atom stereocenters. The first-order valence-electron chi connectivity index (χ1n) is 6.33. The highest BCUT2D eigenvalue weighted by molar-refractivity contribution is 5.95. The molecule has 0 unspecified atom stereocenters. The van der Waals surface area contributed by atoms with Crippen molar-refractivity contribution < 1.29 is 23.8 Å². The maximum absolute atomic E-state index is 12.0. The summed E-state index contributed by atoms with van der Waals surface area (Å²) in [5.41, 5.74) is 0.228. The summed E-state index contributed by atoms with van der Waals surface area (Å²) < 4.78 is 15.2. The molecule has 20 heavy (non-hydrogen) atoms. The molecule has 0 saturated heterocycles. The third kappa shape index (κ3) is 3.40. The third-order valence-corrected chi connectivity index (χ3v) is 2.90. The lowest BCUT2D eigenvalue weighted by Crippen LogP contribution is -2.30. The lowest BCUT2D eigenvalue weighted by atomic mass is 10.2. The summed E-state index contributed by atoms with van der Waals surface area (Å²) in [7, 11) is 2.92. The molecular formula is C14H17NO5. The fraction of sp³-hybridized carbons (Fsp3) is 0.429. The first-order valence-corrected chi connectivity index (χ1v) is 6.33. The highest BCUT2D eigenvalue weighted by atomic mass is 16.5. The number of amides is 1. The third-order valence-electron chi connectivity index (χ3n) is 2.90. The van der Waals surface area contributed by atoms with Crippen molar-refractivity contribution in [3.05, 3.63) is 23.8 Å². The van der Waals surface area contributed by atoms with Gasteiger partial charge in [-0.05, 0) is 25.0 Å². The van der Waals surface area contributed by atoms with Crippen LogP contribution in [0.15, 0.2) is 18.2 Å². The number of carbonyl (C=O) groups excluding carboxylic acids is 2. The molecule has 2 rings (SSSR count). The van der Waals surface area contributed by atoms with Crippen LogP contribution in [0.2, 0.25) is 0 Å². The predicted octanol–water partition coefficient (Wildman–Crippen LogP) is 1.14. The standard InChI is InChI=1S/C14H17NO5/c1-18-11-5-3-4-10(13(11)19-2)14(17)20-8-12(16)15-9-6-7-9/h3-5,9H,6-8H2,1-2H3,(H,15,16). The van der Waals surface area contributed by atoms with E-state index >= 15 is 0 Å². The van der Waals surface area contributed by atoms with Crippen molar-refractivity contribution in [3.8, 4) is 11.5 Å². The Hall–Kier alpha value is -2.24. The number of hydrogen-bond acceptors (Lipinski definition) is 5. The topological polar surface area (TPSA) is 73.9 Å². The Labute approximate surface area is 117 Å². The van der Waals surface area contributed by atoms with Crippen LogP contribution in [0.5, 0.6) is 11.5 Å². The van der Waals surface area contributed by atoms with Crippen molar-refractivity contribution >= 4 is 11.9 Å². The van der Waals surface area contributed by atoms with E-state index in [4.69, 9.17) is 14.2 Å². The number of benzene rings is 1. The summed E-state index contributed by atoms with van der Waals surface area (Å²) >= 11 is 0. The van der Waals surface area contributed by atoms with Crippen LogP contribution >= 0.6 is 0 Å². The highest BCUT2D eigenvalue weighted by Gasteiger charge is 2.24. The van der Waals surface area contributed by atoms with E-state index in [-0.39, 0.29) is 24.1 Å². The molecule has 1 fully saturated rings. The quantitative estimate of drug-likeness (QED) is 0.790. The van der Waals surface area contributed by atoms with Crippen LogP contribution < -0.4 is 14.8 Å². The lowest BCUT2D eigenvalue weighted by molar-refractivity contribution is -0.124. The monoisotopic (exact) mass is 279 g/mol. The van der Waals surface area contributed by atoms with Gasteiger partial charge in [-0.1, -0.05) is 6.07 Å². The molecule has 1 aromatic rings. The summed E-state index contributed by atoms with van der Waals surface area (Å²) in [5.74, 6) is -0.179. The van der Waals surface area contributed by atoms with Gasteiger partial charge >= 0.3 is 5.97 Å². The van der Waals surface area contributed by atoms with Crippen LogP contribution in [-0.2, 0) is 9.53 Å². The normalized spacial score (nSPS) is 13.5. The number of rotatable bonds is 6. The summed E-state index contributed by atoms with van der Waals surface area (Å²) in [6.07, 6.45) is 1.98. The number of methoxy groups -OCH3 is 2. The second-order valence-corrected chi connectivity index (χ2v) is 4.46. The maximum Gasteiger partial charge on any atom is 0.342 e. The van der Waals surface area contributed by atoms with Gasteiger partial charge in [0.2, 0.25) is 0 Å². The molecule has 6 heteroatoms. The number of ether oxygens (including phenoxy) is 3. The molecule has 0 spiro atoms. The van der Waals surface area contributed by atoms with Crippen molar-refractivity contribution in [2.45, 2.75) is 18.9 Å². The maximum atomic E-state index is 12.0. The average Bonchev–Trinajstić information content (AvgIpc) is 3.27. The minimum Gasteiger partial charge on any atom is -0.493 e. The van der Waals surface area contributed by atoms with Gasteiger partial charge in [0.05, 0.1) is 14.2 Å². The summed E-state index contributed by atoms with van der Waals surface area (Å²) in [6, 6.07) is 5.13. The van der Waals surface area contributed by atoms with Crippen LogP contribution in [0.3, 0.4) is 0 Å². The molecule has 1 aromatic carbocycles. The molecule has 6 nitrogen and oxygen atoms in total. The Balaban J connectivity index is 1.99. The van der Waals surface area contributed by atoms with Gasteiger partial charge in [0.1, 0.15) is 5.56 Å². The SMILES string of the molecule is COc1cccc(C(=O)OCC(=O)NC2CC2)c1OC. The fourth-order valence-corrected chi connectivity index (χ4v) is 1.75. The van der Waals surface area contributed by atoms with E-state index in [1.807, 2.05) is 0 Å². The van der Waals surface area contributed by atoms with E-state index in [9.17, 15) is 9.59 Å². The Bertz CT molecular complexity index is 510. The van der Waals surface area contributed by atoms with Gasteiger partial charge in [0.15, 0.2) is 18.1 Å². The van der Waals surface area contributed by atoms with Gasteiger partial charge in [0.25, 0.3) is 5.91 Å². The van der Waals surface area contributed by atoms with Crippen molar-refractivity contribution in [3.63, 3.8) is 0 Å². The van der Waals surface area contributed by atoms with Gasteiger partial charge < -0.3 is 19.5 Å². The Kier molecular flexibility index (Phi) is 4.45. The molecule has 1 aliphatic rings. The van der Waals surface area contributed by atoms with Crippen LogP contribution in [-0.4, -0.2) is 38.7 Å². The number of hydrogen-bond donors (Lipinski definition) is 1. The molecule has 1 N–H and O–H groups in total. The van der Waals surface area contributed by atoms with Crippen molar-refractivity contribution in [1.29, 1.82) is 0 Å². The Morgan fingerprint density at radius 1 is 1.25 bits per heavy atom. The average molecular weight is 279 g/mol. The van der Waals surface area contributed by atoms with Gasteiger partial charge in [-0.25, -0.2) is 4.79 Å². The second-order valence-electron chi connectivity index (χ2n) is 4.46. The first-order chi connectivity index (χ1) is 9.65. The van der Waals surface area contributed by atoms with Gasteiger partial charge in [-0.15, -0.1) is 0 Å².